The molecule has 5 heteroatoms. The zero-order chi connectivity index (χ0) is 6.99. The third-order valence-electron chi connectivity index (χ3n) is 0.135. The Labute approximate surface area is 53.1 Å². The monoisotopic (exact) mass is 134 g/mol. The van der Waals surface area contributed by atoms with E-state index in [0.29, 0.717) is 0 Å². The molecule has 0 aliphatic rings. The summed E-state index contributed by atoms with van der Waals surface area (Å²) in [5.41, 5.74) is 0. The molecule has 0 heterocycles. The fourth-order valence-electron chi connectivity index (χ4n) is 0. The zero-order valence-corrected chi connectivity index (χ0v) is 5.16. The van der Waals surface area contributed by atoms with Gasteiger partial charge in [0.2, 0.25) is 0 Å². The Morgan fingerprint density at radius 2 is 1.89 bits per heavy atom. The first-order valence-corrected chi connectivity index (χ1v) is 1.82. The van der Waals surface area contributed by atoms with Crippen LogP contribution in [0, 0.1) is 11.3 Å². The van der Waals surface area contributed by atoms with Crippen molar-refractivity contribution in [3.05, 3.63) is 0 Å². The number of rotatable bonds is 1. The first kappa shape index (κ1) is 15.7. The van der Waals surface area contributed by atoms with Crippen molar-refractivity contribution in [3.63, 3.8) is 0 Å². The number of nitriles is 1. The molecule has 0 unspecified atom stereocenters. The molecule has 5 nitrogen and oxygen atoms in total. The van der Waals surface area contributed by atoms with Crippen LogP contribution in [0.4, 0.5) is 0 Å². The van der Waals surface area contributed by atoms with Crippen molar-refractivity contribution in [3.8, 4) is 6.07 Å². The summed E-state index contributed by atoms with van der Waals surface area (Å²) in [4.78, 5) is 9.12. The number of aliphatic hydroxyl groups is 1. The first-order chi connectivity index (χ1) is 3.68. The average Bonchev–Trinajstić information content (AvgIpc) is 1.69. The molecule has 0 aliphatic carbocycles. The molecule has 0 aromatic rings. The Bertz CT molecular complexity index is 96.5. The second-order valence-corrected chi connectivity index (χ2v) is 0.775. The van der Waals surface area contributed by atoms with Gasteiger partial charge in [-0.2, -0.15) is 5.26 Å². The SMILES string of the molecule is CC#N.N.O=C(O)CO. The minimum atomic E-state index is -1.19. The van der Waals surface area contributed by atoms with Crippen molar-refractivity contribution in [2.45, 2.75) is 6.92 Å². The van der Waals surface area contributed by atoms with E-state index in [1.807, 2.05) is 0 Å². The van der Waals surface area contributed by atoms with E-state index in [9.17, 15) is 0 Å². The van der Waals surface area contributed by atoms with Gasteiger partial charge in [0.1, 0.15) is 6.61 Å². The van der Waals surface area contributed by atoms with Crippen LogP contribution in [0.25, 0.3) is 0 Å². The maximum atomic E-state index is 9.12. The summed E-state index contributed by atoms with van der Waals surface area (Å²) in [5.74, 6) is -1.19. The molecule has 0 aromatic carbocycles. The molecule has 0 atom stereocenters. The smallest absolute Gasteiger partial charge is 0.329 e. The summed E-state index contributed by atoms with van der Waals surface area (Å²) >= 11 is 0. The second-order valence-electron chi connectivity index (χ2n) is 0.775. The van der Waals surface area contributed by atoms with E-state index in [2.05, 4.69) is 0 Å². The fraction of sp³-hybridized carbons (Fsp3) is 0.500. The van der Waals surface area contributed by atoms with Gasteiger partial charge in [-0.05, 0) is 0 Å². The molecule has 0 amide bonds. The molecular formula is C4H10N2O3. The lowest BCUT2D eigenvalue weighted by atomic mass is 10.8. The average molecular weight is 134 g/mol. The molecule has 0 bridgehead atoms. The molecule has 0 aliphatic heterocycles. The zero-order valence-electron chi connectivity index (χ0n) is 5.16. The standard InChI is InChI=1S/C2H3N.C2H4O3.H3N/c1-2-3;3-1-2(4)5;/h1H3;3H,1H2,(H,4,5);1H3. The van der Waals surface area contributed by atoms with Crippen molar-refractivity contribution < 1.29 is 15.0 Å². The van der Waals surface area contributed by atoms with Gasteiger partial charge >= 0.3 is 5.97 Å². The molecule has 54 valence electrons. The fourth-order valence-corrected chi connectivity index (χ4v) is 0. The largest absolute Gasteiger partial charge is 0.480 e. The summed E-state index contributed by atoms with van der Waals surface area (Å²) in [6.45, 7) is 0.653. The molecule has 0 saturated carbocycles. The van der Waals surface area contributed by atoms with E-state index in [1.165, 1.54) is 6.92 Å². The Hall–Kier alpha value is -1.12. The van der Waals surface area contributed by atoms with Gasteiger partial charge in [0.15, 0.2) is 0 Å². The van der Waals surface area contributed by atoms with Crippen LogP contribution in [0.5, 0.6) is 0 Å². The van der Waals surface area contributed by atoms with Crippen LogP contribution < -0.4 is 6.15 Å². The summed E-state index contributed by atoms with van der Waals surface area (Å²) in [6, 6.07) is 1.75. The van der Waals surface area contributed by atoms with Crippen molar-refractivity contribution in [2.75, 3.05) is 6.61 Å². The highest BCUT2D eigenvalue weighted by atomic mass is 16.4. The maximum absolute atomic E-state index is 9.12. The molecular weight excluding hydrogens is 124 g/mol. The Morgan fingerprint density at radius 3 is 1.89 bits per heavy atom. The van der Waals surface area contributed by atoms with Crippen LogP contribution in [0.2, 0.25) is 0 Å². The number of nitrogens with zero attached hydrogens (tertiary/aromatic N) is 1. The number of carbonyl (C=O) groups is 1. The lowest BCUT2D eigenvalue weighted by Crippen LogP contribution is -1.98. The van der Waals surface area contributed by atoms with Crippen LogP contribution in [0.15, 0.2) is 0 Å². The molecule has 0 fully saturated rings. The lowest BCUT2D eigenvalue weighted by molar-refractivity contribution is -0.140. The number of hydrogen-bond donors (Lipinski definition) is 3. The highest BCUT2D eigenvalue weighted by molar-refractivity contribution is 5.67. The number of hydrogen-bond acceptors (Lipinski definition) is 4. The highest BCUT2D eigenvalue weighted by Gasteiger charge is 1.82. The van der Waals surface area contributed by atoms with Crippen LogP contribution in [-0.2, 0) is 4.79 Å². The van der Waals surface area contributed by atoms with Gasteiger partial charge < -0.3 is 16.4 Å². The van der Waals surface area contributed by atoms with Crippen LogP contribution in [-0.4, -0.2) is 22.8 Å². The van der Waals surface area contributed by atoms with Gasteiger partial charge in [0.05, 0.1) is 6.07 Å². The Balaban J connectivity index is -0.0000000800. The van der Waals surface area contributed by atoms with E-state index < -0.39 is 12.6 Å². The minimum absolute atomic E-state index is 0. The predicted octanol–water partition coefficient (Wildman–Crippen LogP) is -0.245. The Kier molecular flexibility index (Phi) is 27.5. The van der Waals surface area contributed by atoms with E-state index in [1.54, 1.807) is 6.07 Å². The summed E-state index contributed by atoms with van der Waals surface area (Å²) in [5, 5.41) is 22.3. The van der Waals surface area contributed by atoms with Gasteiger partial charge in [-0.1, -0.05) is 0 Å². The maximum Gasteiger partial charge on any atom is 0.329 e. The van der Waals surface area contributed by atoms with Crippen molar-refractivity contribution in [2.24, 2.45) is 0 Å². The summed E-state index contributed by atoms with van der Waals surface area (Å²) in [7, 11) is 0. The van der Waals surface area contributed by atoms with Gasteiger partial charge in [-0.15, -0.1) is 0 Å². The molecule has 9 heavy (non-hydrogen) atoms. The van der Waals surface area contributed by atoms with Gasteiger partial charge in [-0.3, -0.25) is 0 Å². The van der Waals surface area contributed by atoms with Crippen molar-refractivity contribution in [1.82, 2.24) is 6.15 Å². The molecule has 0 rings (SSSR count). The summed E-state index contributed by atoms with van der Waals surface area (Å²) < 4.78 is 0. The molecule has 0 spiro atoms. The predicted molar refractivity (Wildman–Crippen MR) is 31.0 cm³/mol. The van der Waals surface area contributed by atoms with Crippen LogP contribution in [0.1, 0.15) is 6.92 Å². The molecule has 5 N–H and O–H groups in total. The van der Waals surface area contributed by atoms with Gasteiger partial charge in [0, 0.05) is 6.92 Å². The van der Waals surface area contributed by atoms with Gasteiger partial charge in [0.25, 0.3) is 0 Å². The van der Waals surface area contributed by atoms with E-state index in [4.69, 9.17) is 20.3 Å². The third-order valence-corrected chi connectivity index (χ3v) is 0.135. The number of aliphatic carboxylic acids is 1. The van der Waals surface area contributed by atoms with Crippen molar-refractivity contribution in [1.29, 1.82) is 5.26 Å². The second kappa shape index (κ2) is 15.8. The minimum Gasteiger partial charge on any atom is -0.480 e. The molecule has 0 aromatic heterocycles. The Morgan fingerprint density at radius 1 is 1.78 bits per heavy atom. The van der Waals surface area contributed by atoms with Crippen molar-refractivity contribution >= 4 is 5.97 Å². The van der Waals surface area contributed by atoms with Crippen LogP contribution in [0.3, 0.4) is 0 Å². The van der Waals surface area contributed by atoms with E-state index >= 15 is 0 Å². The number of aliphatic hydroxyl groups excluding tert-OH is 1. The molecule has 0 radical (unpaired) electrons. The van der Waals surface area contributed by atoms with E-state index in [-0.39, 0.29) is 6.15 Å². The number of carboxylic acid groups (broad SMARTS) is 1. The summed E-state index contributed by atoms with van der Waals surface area (Å²) in [6.07, 6.45) is 0. The highest BCUT2D eigenvalue weighted by Crippen LogP contribution is 1.48. The van der Waals surface area contributed by atoms with E-state index in [0.717, 1.165) is 0 Å². The number of carboxylic acids is 1. The topological polar surface area (TPSA) is 116 Å². The third kappa shape index (κ3) is 212. The van der Waals surface area contributed by atoms with Crippen LogP contribution >= 0.6 is 0 Å². The quantitative estimate of drug-likeness (QED) is 0.457. The first-order valence-electron chi connectivity index (χ1n) is 1.82. The van der Waals surface area contributed by atoms with Gasteiger partial charge in [-0.25, -0.2) is 4.79 Å². The molecule has 0 saturated heterocycles. The normalized spacial score (nSPS) is 5.00. The lowest BCUT2D eigenvalue weighted by Gasteiger charge is -1.72.